The quantitative estimate of drug-likeness (QED) is 0.488. The third-order valence-electron chi connectivity index (χ3n) is 2.65. The summed E-state index contributed by atoms with van der Waals surface area (Å²) in [6.07, 6.45) is 2.67. The van der Waals surface area contributed by atoms with Gasteiger partial charge in [0, 0.05) is 6.54 Å². The van der Waals surface area contributed by atoms with Gasteiger partial charge in [-0.05, 0) is 12.0 Å². The zero-order chi connectivity index (χ0) is 11.8. The summed E-state index contributed by atoms with van der Waals surface area (Å²) in [5.41, 5.74) is 3.53. The molecule has 1 rings (SSSR count). The lowest BCUT2D eigenvalue weighted by Gasteiger charge is -2.26. The van der Waals surface area contributed by atoms with Crippen LogP contribution in [0.3, 0.4) is 0 Å². The molecule has 0 fully saturated rings. The Morgan fingerprint density at radius 1 is 1.38 bits per heavy atom. The van der Waals surface area contributed by atoms with E-state index in [1.54, 1.807) is 0 Å². The van der Waals surface area contributed by atoms with Crippen LogP contribution in [0.2, 0.25) is 0 Å². The van der Waals surface area contributed by atoms with Crippen LogP contribution >= 0.6 is 0 Å². The lowest BCUT2D eigenvalue weighted by molar-refractivity contribution is 0.104. The normalized spacial score (nSPS) is 14.4. The first-order chi connectivity index (χ1) is 7.83. The molecule has 3 N–H and O–H groups in total. The molecule has 1 aromatic rings. The van der Waals surface area contributed by atoms with E-state index in [1.165, 1.54) is 0 Å². The van der Waals surface area contributed by atoms with Crippen LogP contribution in [-0.4, -0.2) is 17.8 Å². The van der Waals surface area contributed by atoms with Gasteiger partial charge in [0.05, 0.1) is 12.1 Å². The average molecular weight is 220 g/mol. The average Bonchev–Trinajstić information content (AvgIpc) is 2.35. The van der Waals surface area contributed by atoms with Crippen LogP contribution < -0.4 is 10.8 Å². The smallest absolute Gasteiger partial charge is 0.0512 e. The van der Waals surface area contributed by atoms with E-state index in [2.05, 4.69) is 29.5 Å². The molecule has 0 heterocycles. The van der Waals surface area contributed by atoms with Crippen LogP contribution in [0.25, 0.3) is 0 Å². The van der Waals surface area contributed by atoms with Gasteiger partial charge < -0.3 is 10.5 Å². The Hall–Kier alpha value is -1.16. The molecule has 0 bridgehead atoms. The predicted octanol–water partition coefficient (Wildman–Crippen LogP) is 2.26. The van der Waals surface area contributed by atoms with Gasteiger partial charge in [0.15, 0.2) is 0 Å². The van der Waals surface area contributed by atoms with E-state index in [0.29, 0.717) is 0 Å². The van der Waals surface area contributed by atoms with Crippen molar-refractivity contribution in [1.82, 2.24) is 10.8 Å². The molecule has 0 amide bonds. The van der Waals surface area contributed by atoms with Crippen molar-refractivity contribution in [2.24, 2.45) is 0 Å². The van der Waals surface area contributed by atoms with E-state index in [1.807, 2.05) is 31.2 Å². The highest BCUT2D eigenvalue weighted by Gasteiger charge is 2.19. The summed E-state index contributed by atoms with van der Waals surface area (Å²) in [5, 5.41) is 12.5. The highest BCUT2D eigenvalue weighted by atomic mass is 16.5. The Morgan fingerprint density at radius 2 is 2.06 bits per heavy atom. The number of hydroxylamine groups is 1. The van der Waals surface area contributed by atoms with Gasteiger partial charge in [-0.15, -0.1) is 6.58 Å². The number of hydrogen-bond acceptors (Lipinski definition) is 3. The monoisotopic (exact) mass is 220 g/mol. The second kappa shape index (κ2) is 7.17. The summed E-state index contributed by atoms with van der Waals surface area (Å²) in [6.45, 7) is 6.45. The molecule has 0 saturated carbocycles. The van der Waals surface area contributed by atoms with Gasteiger partial charge in [-0.3, -0.25) is 0 Å². The van der Waals surface area contributed by atoms with Crippen molar-refractivity contribution in [2.75, 3.05) is 6.54 Å². The Bertz CT molecular complexity index is 296. The van der Waals surface area contributed by atoms with Crippen LogP contribution in [0.4, 0.5) is 0 Å². The topological polar surface area (TPSA) is 44.3 Å². The van der Waals surface area contributed by atoms with E-state index >= 15 is 0 Å². The molecule has 16 heavy (non-hydrogen) atoms. The molecule has 3 nitrogen and oxygen atoms in total. The first-order valence-electron chi connectivity index (χ1n) is 5.62. The van der Waals surface area contributed by atoms with Gasteiger partial charge in [0.1, 0.15) is 0 Å². The second-order valence-electron chi connectivity index (χ2n) is 3.73. The third-order valence-corrected chi connectivity index (χ3v) is 2.65. The number of rotatable bonds is 7. The van der Waals surface area contributed by atoms with E-state index < -0.39 is 0 Å². The summed E-state index contributed by atoms with van der Waals surface area (Å²) in [5.74, 6) is 0. The summed E-state index contributed by atoms with van der Waals surface area (Å²) < 4.78 is 0. The third kappa shape index (κ3) is 3.45. The highest BCUT2D eigenvalue weighted by Crippen LogP contribution is 2.18. The van der Waals surface area contributed by atoms with Crippen molar-refractivity contribution in [2.45, 2.75) is 25.4 Å². The molecule has 0 aliphatic heterocycles. The highest BCUT2D eigenvalue weighted by molar-refractivity contribution is 5.20. The molecule has 0 unspecified atom stereocenters. The molecular weight excluding hydrogens is 200 g/mol. The first kappa shape index (κ1) is 12.9. The Labute approximate surface area is 97.1 Å². The van der Waals surface area contributed by atoms with Gasteiger partial charge in [0.2, 0.25) is 0 Å². The number of nitrogens with one attached hydrogen (secondary N) is 2. The molecule has 0 aromatic heterocycles. The molecule has 0 aliphatic carbocycles. The standard InChI is InChI=1S/C13H20N2O/c1-3-10-14-13(12(4-2)15-16)11-8-6-5-7-9-11/h3,5-9,12-16H,1,4,10H2,2H3/t12-,13+/m1/s1. The van der Waals surface area contributed by atoms with E-state index in [4.69, 9.17) is 5.21 Å². The van der Waals surface area contributed by atoms with Gasteiger partial charge >= 0.3 is 0 Å². The molecule has 2 atom stereocenters. The summed E-state index contributed by atoms with van der Waals surface area (Å²) in [4.78, 5) is 0. The molecule has 1 aromatic carbocycles. The van der Waals surface area contributed by atoms with Crippen molar-refractivity contribution in [3.8, 4) is 0 Å². The fraction of sp³-hybridized carbons (Fsp3) is 0.385. The molecule has 0 saturated heterocycles. The van der Waals surface area contributed by atoms with Gasteiger partial charge in [-0.2, -0.15) is 0 Å². The summed E-state index contributed by atoms with van der Waals surface area (Å²) >= 11 is 0. The molecule has 0 radical (unpaired) electrons. The van der Waals surface area contributed by atoms with Crippen LogP contribution in [0.5, 0.6) is 0 Å². The predicted molar refractivity (Wildman–Crippen MR) is 66.4 cm³/mol. The minimum Gasteiger partial charge on any atom is -0.316 e. The number of benzene rings is 1. The van der Waals surface area contributed by atoms with Crippen molar-refractivity contribution in [1.29, 1.82) is 0 Å². The van der Waals surface area contributed by atoms with Gasteiger partial charge in [-0.1, -0.05) is 43.3 Å². The van der Waals surface area contributed by atoms with Crippen LogP contribution in [0, 0.1) is 0 Å². The van der Waals surface area contributed by atoms with Crippen molar-refractivity contribution >= 4 is 0 Å². The summed E-state index contributed by atoms with van der Waals surface area (Å²) in [6, 6.07) is 10.2. The molecule has 88 valence electrons. The SMILES string of the molecule is C=CCN[C@@H](c1ccccc1)[C@@H](CC)NO. The van der Waals surface area contributed by atoms with Crippen LogP contribution in [0.15, 0.2) is 43.0 Å². The van der Waals surface area contributed by atoms with Crippen LogP contribution in [-0.2, 0) is 0 Å². The molecular formula is C13H20N2O. The fourth-order valence-electron chi connectivity index (χ4n) is 1.76. The minimum absolute atomic E-state index is 0.00218. The summed E-state index contributed by atoms with van der Waals surface area (Å²) in [7, 11) is 0. The largest absolute Gasteiger partial charge is 0.316 e. The Morgan fingerprint density at radius 3 is 2.56 bits per heavy atom. The lowest BCUT2D eigenvalue weighted by Crippen LogP contribution is -2.40. The maximum absolute atomic E-state index is 9.14. The van der Waals surface area contributed by atoms with Crippen molar-refractivity contribution in [3.05, 3.63) is 48.6 Å². The van der Waals surface area contributed by atoms with Gasteiger partial charge in [0.25, 0.3) is 0 Å². The Balaban J connectivity index is 2.81. The molecule has 0 aliphatic rings. The van der Waals surface area contributed by atoms with E-state index in [-0.39, 0.29) is 12.1 Å². The first-order valence-corrected chi connectivity index (χ1v) is 5.62. The Kier molecular flexibility index (Phi) is 5.78. The fourth-order valence-corrected chi connectivity index (χ4v) is 1.76. The second-order valence-corrected chi connectivity index (χ2v) is 3.73. The minimum atomic E-state index is 0.00218. The van der Waals surface area contributed by atoms with Gasteiger partial charge in [-0.25, -0.2) is 5.48 Å². The van der Waals surface area contributed by atoms with Crippen molar-refractivity contribution in [3.63, 3.8) is 0 Å². The zero-order valence-corrected chi connectivity index (χ0v) is 9.69. The maximum atomic E-state index is 9.14. The van der Waals surface area contributed by atoms with E-state index in [0.717, 1.165) is 18.5 Å². The van der Waals surface area contributed by atoms with Crippen molar-refractivity contribution < 1.29 is 5.21 Å². The molecule has 3 heteroatoms. The zero-order valence-electron chi connectivity index (χ0n) is 9.69. The van der Waals surface area contributed by atoms with E-state index in [9.17, 15) is 0 Å². The van der Waals surface area contributed by atoms with Crippen LogP contribution in [0.1, 0.15) is 24.9 Å². The maximum Gasteiger partial charge on any atom is 0.0512 e. The lowest BCUT2D eigenvalue weighted by atomic mass is 9.98. The molecule has 0 spiro atoms. The number of hydrogen-bond donors (Lipinski definition) is 3.